The van der Waals surface area contributed by atoms with E-state index in [-0.39, 0.29) is 31.6 Å². The van der Waals surface area contributed by atoms with Gasteiger partial charge in [0.1, 0.15) is 17.8 Å². The zero-order valence-corrected chi connectivity index (χ0v) is 20.8. The molecule has 1 fully saturated rings. The van der Waals surface area contributed by atoms with Gasteiger partial charge in [-0.3, -0.25) is 14.2 Å². The van der Waals surface area contributed by atoms with Crippen molar-refractivity contribution in [3.8, 4) is 0 Å². The van der Waals surface area contributed by atoms with Gasteiger partial charge >= 0.3 is 6.18 Å². The van der Waals surface area contributed by atoms with Crippen LogP contribution in [-0.4, -0.2) is 72.1 Å². The van der Waals surface area contributed by atoms with Crippen LogP contribution in [0.25, 0.3) is 10.9 Å². The lowest BCUT2D eigenvalue weighted by molar-refractivity contribution is -0.155. The van der Waals surface area contributed by atoms with E-state index in [0.29, 0.717) is 17.8 Å². The Morgan fingerprint density at radius 1 is 1.08 bits per heavy atom. The summed E-state index contributed by atoms with van der Waals surface area (Å²) in [6.07, 6.45) is -5.36. The summed E-state index contributed by atoms with van der Waals surface area (Å²) in [4.78, 5) is 5.92. The van der Waals surface area contributed by atoms with Crippen LogP contribution in [0.15, 0.2) is 36.4 Å². The number of likely N-dealkylation sites (tertiary alicyclic amines) is 1. The molecule has 4 nitrogen and oxygen atoms in total. The van der Waals surface area contributed by atoms with E-state index in [2.05, 4.69) is 10.3 Å². The van der Waals surface area contributed by atoms with Gasteiger partial charge in [-0.25, -0.2) is 13.2 Å². The number of benzene rings is 2. The number of aromatic nitrogens is 1. The lowest BCUT2D eigenvalue weighted by Gasteiger charge is -2.41. The minimum absolute atomic E-state index is 0.00755. The molecule has 2 aromatic carbocycles. The van der Waals surface area contributed by atoms with Gasteiger partial charge in [0, 0.05) is 53.5 Å². The molecule has 11 heteroatoms. The number of H-pyrrole nitrogens is 1. The van der Waals surface area contributed by atoms with Crippen LogP contribution in [-0.2, 0) is 6.42 Å². The molecule has 1 aromatic heterocycles. The van der Waals surface area contributed by atoms with E-state index in [1.54, 1.807) is 30.0 Å². The van der Waals surface area contributed by atoms with Crippen molar-refractivity contribution in [2.75, 3.05) is 38.2 Å². The summed E-state index contributed by atoms with van der Waals surface area (Å²) < 4.78 is 99.1. The molecule has 0 saturated carbocycles. The third-order valence-corrected chi connectivity index (χ3v) is 7.52. The topological polar surface area (TPSA) is 34.3 Å². The Hall–Kier alpha value is -2.79. The number of nitrogens with one attached hydrogen (secondary N) is 2. The van der Waals surface area contributed by atoms with Gasteiger partial charge in [-0.1, -0.05) is 18.2 Å². The minimum atomic E-state index is -4.59. The number of hydrogen-bond donors (Lipinski definition) is 2. The molecule has 3 aromatic rings. The van der Waals surface area contributed by atoms with Gasteiger partial charge in [0.25, 0.3) is 0 Å². The Labute approximate surface area is 215 Å². The van der Waals surface area contributed by atoms with Crippen molar-refractivity contribution in [1.82, 2.24) is 14.8 Å². The molecule has 0 spiro atoms. The van der Waals surface area contributed by atoms with E-state index in [1.807, 2.05) is 6.07 Å². The normalized spacial score (nSPS) is 24.7. The predicted octanol–water partition coefficient (Wildman–Crippen LogP) is 6.14. The molecule has 2 N–H and O–H groups in total. The SMILES string of the molecule is C[C@@H]1Cc2c([nH]c3ccccc23)[C@@H](c2c(F)cc(N[C@H]3CN(CCCF)C[C@H]3F)cc2F)N1CC(F)(F)F. The maximum atomic E-state index is 15.6. The van der Waals surface area contributed by atoms with Gasteiger partial charge in [-0.15, -0.1) is 0 Å². The molecule has 2 aliphatic heterocycles. The number of aromatic amines is 1. The summed E-state index contributed by atoms with van der Waals surface area (Å²) in [6.45, 7) is 0.448. The second-order valence-corrected chi connectivity index (χ2v) is 10.2. The molecular formula is C27H29F7N4. The Balaban J connectivity index is 1.51. The predicted molar refractivity (Wildman–Crippen MR) is 132 cm³/mol. The second kappa shape index (κ2) is 10.4. The van der Waals surface area contributed by atoms with E-state index >= 15 is 8.78 Å². The number of nitrogens with zero attached hydrogens (tertiary/aromatic N) is 2. The lowest BCUT2D eigenvalue weighted by atomic mass is 9.88. The first kappa shape index (κ1) is 26.8. The fraction of sp³-hybridized carbons (Fsp3) is 0.481. The highest BCUT2D eigenvalue weighted by molar-refractivity contribution is 5.85. The summed E-state index contributed by atoms with van der Waals surface area (Å²) in [5, 5.41) is 3.62. The maximum absolute atomic E-state index is 15.6. The fourth-order valence-electron chi connectivity index (χ4n) is 5.86. The average molecular weight is 543 g/mol. The first-order valence-electron chi connectivity index (χ1n) is 12.7. The molecule has 206 valence electrons. The Kier molecular flexibility index (Phi) is 7.34. The van der Waals surface area contributed by atoms with Crippen molar-refractivity contribution in [2.45, 2.75) is 50.2 Å². The van der Waals surface area contributed by atoms with Gasteiger partial charge < -0.3 is 10.3 Å². The number of rotatable bonds is 7. The van der Waals surface area contributed by atoms with Crippen LogP contribution in [0, 0.1) is 11.6 Å². The number of hydrogen-bond acceptors (Lipinski definition) is 3. The summed E-state index contributed by atoms with van der Waals surface area (Å²) in [5.41, 5.74) is 1.24. The van der Waals surface area contributed by atoms with Gasteiger partial charge in [0.05, 0.1) is 25.3 Å². The number of para-hydroxylation sites is 1. The molecule has 0 aliphatic carbocycles. The molecule has 0 unspecified atom stereocenters. The fourth-order valence-corrected chi connectivity index (χ4v) is 5.86. The van der Waals surface area contributed by atoms with Crippen LogP contribution in [0.4, 0.5) is 36.4 Å². The van der Waals surface area contributed by atoms with E-state index in [9.17, 15) is 22.0 Å². The quantitative estimate of drug-likeness (QED) is 0.352. The molecule has 4 atom stereocenters. The van der Waals surface area contributed by atoms with Gasteiger partial charge in [0.2, 0.25) is 0 Å². The summed E-state index contributed by atoms with van der Waals surface area (Å²) in [6, 6.07) is 6.45. The second-order valence-electron chi connectivity index (χ2n) is 10.2. The van der Waals surface area contributed by atoms with Gasteiger partial charge in [0.15, 0.2) is 0 Å². The molecule has 0 radical (unpaired) electrons. The third kappa shape index (κ3) is 5.22. The first-order chi connectivity index (χ1) is 18.1. The number of halogens is 7. The average Bonchev–Trinajstić information content (AvgIpc) is 3.38. The summed E-state index contributed by atoms with van der Waals surface area (Å²) in [7, 11) is 0. The molecule has 0 amide bonds. The molecule has 0 bridgehead atoms. The number of fused-ring (bicyclic) bond motifs is 3. The van der Waals surface area contributed by atoms with Crippen molar-refractivity contribution >= 4 is 16.6 Å². The molecule has 3 heterocycles. The van der Waals surface area contributed by atoms with Crippen LogP contribution in [0.5, 0.6) is 0 Å². The van der Waals surface area contributed by atoms with E-state index in [4.69, 9.17) is 0 Å². The summed E-state index contributed by atoms with van der Waals surface area (Å²) in [5.74, 6) is -2.04. The number of alkyl halides is 5. The Bertz CT molecular complexity index is 1270. The van der Waals surface area contributed by atoms with E-state index < -0.39 is 60.9 Å². The minimum Gasteiger partial charge on any atom is -0.378 e. The van der Waals surface area contributed by atoms with Crippen LogP contribution in [0.1, 0.15) is 36.2 Å². The lowest BCUT2D eigenvalue weighted by Crippen LogP contribution is -2.47. The van der Waals surface area contributed by atoms with Crippen molar-refractivity contribution in [2.24, 2.45) is 0 Å². The highest BCUT2D eigenvalue weighted by atomic mass is 19.4. The van der Waals surface area contributed by atoms with E-state index in [1.165, 1.54) is 0 Å². The largest absolute Gasteiger partial charge is 0.401 e. The zero-order chi connectivity index (χ0) is 27.2. The highest BCUT2D eigenvalue weighted by Crippen LogP contribution is 2.44. The van der Waals surface area contributed by atoms with Crippen LogP contribution in [0.2, 0.25) is 0 Å². The maximum Gasteiger partial charge on any atom is 0.401 e. The Morgan fingerprint density at radius 2 is 1.79 bits per heavy atom. The first-order valence-corrected chi connectivity index (χ1v) is 12.7. The van der Waals surface area contributed by atoms with Gasteiger partial charge in [-0.2, -0.15) is 13.2 Å². The summed E-state index contributed by atoms with van der Waals surface area (Å²) >= 11 is 0. The van der Waals surface area contributed by atoms with Crippen molar-refractivity contribution < 1.29 is 30.7 Å². The van der Waals surface area contributed by atoms with Crippen molar-refractivity contribution in [3.63, 3.8) is 0 Å². The van der Waals surface area contributed by atoms with Crippen molar-refractivity contribution in [1.29, 1.82) is 0 Å². The molecule has 2 aliphatic rings. The smallest absolute Gasteiger partial charge is 0.378 e. The molecule has 38 heavy (non-hydrogen) atoms. The number of anilines is 1. The molecular weight excluding hydrogens is 513 g/mol. The third-order valence-electron chi connectivity index (χ3n) is 7.52. The standard InChI is InChI=1S/C27H29F7N4/c1-15-9-18-17-5-2-3-6-22(17)36-25(18)26(38(15)14-27(32,33)34)24-19(29)10-16(11-20(24)30)35-23-13-37(8-4-7-28)12-21(23)31/h2-3,5-6,10-11,15,21,23,26,35-36H,4,7-9,12-14H2,1H3/t15-,21-,23+,26-/m1/s1. The monoisotopic (exact) mass is 542 g/mol. The van der Waals surface area contributed by atoms with Crippen LogP contribution in [0.3, 0.4) is 0 Å². The van der Waals surface area contributed by atoms with Crippen LogP contribution >= 0.6 is 0 Å². The zero-order valence-electron chi connectivity index (χ0n) is 20.8. The Morgan fingerprint density at radius 3 is 2.47 bits per heavy atom. The van der Waals surface area contributed by atoms with Crippen molar-refractivity contribution in [3.05, 3.63) is 64.9 Å². The van der Waals surface area contributed by atoms with Gasteiger partial charge in [-0.05, 0) is 43.5 Å². The molecule has 5 rings (SSSR count). The van der Waals surface area contributed by atoms with Crippen LogP contribution < -0.4 is 5.32 Å². The highest BCUT2D eigenvalue weighted by Gasteiger charge is 2.44. The molecule has 1 saturated heterocycles. The van der Waals surface area contributed by atoms with E-state index in [0.717, 1.165) is 28.0 Å².